The van der Waals surface area contributed by atoms with Crippen LogP contribution in [0.25, 0.3) is 11.4 Å². The molecule has 0 saturated heterocycles. The van der Waals surface area contributed by atoms with Crippen molar-refractivity contribution in [1.82, 2.24) is 19.6 Å². The maximum atomic E-state index is 12.3. The minimum Gasteiger partial charge on any atom is -0.379 e. The van der Waals surface area contributed by atoms with Gasteiger partial charge in [-0.15, -0.1) is 0 Å². The zero-order valence-electron chi connectivity index (χ0n) is 13.3. The normalized spacial score (nSPS) is 13.5. The van der Waals surface area contributed by atoms with E-state index in [9.17, 15) is 4.79 Å². The molecule has 24 heavy (non-hydrogen) atoms. The van der Waals surface area contributed by atoms with Crippen molar-refractivity contribution >= 4 is 17.0 Å². The number of aromatic amines is 1. The Morgan fingerprint density at radius 2 is 2.17 bits per heavy atom. The van der Waals surface area contributed by atoms with Gasteiger partial charge in [0.1, 0.15) is 0 Å². The monoisotopic (exact) mass is 319 g/mol. The van der Waals surface area contributed by atoms with Crippen molar-refractivity contribution < 1.29 is 0 Å². The summed E-state index contributed by atoms with van der Waals surface area (Å²) in [7, 11) is 0. The van der Waals surface area contributed by atoms with Gasteiger partial charge in [0, 0.05) is 17.3 Å². The number of hydrogen-bond acceptors (Lipinski definition) is 4. The molecule has 0 unspecified atom stereocenters. The minimum absolute atomic E-state index is 0.160. The van der Waals surface area contributed by atoms with E-state index in [4.69, 9.17) is 0 Å². The van der Waals surface area contributed by atoms with Gasteiger partial charge in [-0.2, -0.15) is 9.50 Å². The maximum absolute atomic E-state index is 12.3. The molecule has 0 bridgehead atoms. The second kappa shape index (κ2) is 5.81. The van der Waals surface area contributed by atoms with Crippen molar-refractivity contribution in [2.45, 2.75) is 19.9 Å². The van der Waals surface area contributed by atoms with E-state index in [2.05, 4.69) is 26.5 Å². The predicted octanol–water partition coefficient (Wildman–Crippen LogP) is 2.68. The minimum atomic E-state index is -0.160. The summed E-state index contributed by atoms with van der Waals surface area (Å²) in [5, 5.41) is 6.33. The van der Waals surface area contributed by atoms with Crippen LogP contribution in [-0.2, 0) is 6.54 Å². The van der Waals surface area contributed by atoms with Crippen molar-refractivity contribution in [2.24, 2.45) is 0 Å². The molecule has 0 spiro atoms. The van der Waals surface area contributed by atoms with Crippen LogP contribution in [0.3, 0.4) is 0 Å². The lowest BCUT2D eigenvalue weighted by molar-refractivity contribution is 0.871. The Balaban J connectivity index is 1.62. The van der Waals surface area contributed by atoms with Gasteiger partial charge in [0.15, 0.2) is 5.82 Å². The largest absolute Gasteiger partial charge is 0.379 e. The summed E-state index contributed by atoms with van der Waals surface area (Å²) >= 11 is 0. The smallest absolute Gasteiger partial charge is 0.274 e. The molecule has 2 heterocycles. The third kappa shape index (κ3) is 2.62. The number of aromatic nitrogens is 4. The van der Waals surface area contributed by atoms with Crippen LogP contribution in [0.1, 0.15) is 23.5 Å². The van der Waals surface area contributed by atoms with Crippen LogP contribution in [-0.4, -0.2) is 19.6 Å². The van der Waals surface area contributed by atoms with E-state index in [1.165, 1.54) is 10.6 Å². The van der Waals surface area contributed by atoms with Crippen LogP contribution >= 0.6 is 0 Å². The van der Waals surface area contributed by atoms with E-state index < -0.39 is 0 Å². The van der Waals surface area contributed by atoms with Gasteiger partial charge < -0.3 is 5.32 Å². The van der Waals surface area contributed by atoms with Crippen LogP contribution < -0.4 is 10.9 Å². The average Bonchev–Trinajstić information content (AvgIpc) is 3.23. The fourth-order valence-electron chi connectivity index (χ4n) is 2.74. The Morgan fingerprint density at radius 3 is 2.96 bits per heavy atom. The zero-order valence-corrected chi connectivity index (χ0v) is 13.3. The van der Waals surface area contributed by atoms with Gasteiger partial charge in [-0.25, -0.2) is 4.98 Å². The van der Waals surface area contributed by atoms with Crippen molar-refractivity contribution in [1.29, 1.82) is 0 Å². The van der Waals surface area contributed by atoms with Gasteiger partial charge in [-0.1, -0.05) is 36.4 Å². The molecule has 1 aromatic carbocycles. The number of benzene rings is 1. The quantitative estimate of drug-likeness (QED) is 0.775. The molecular weight excluding hydrogens is 302 g/mol. The maximum Gasteiger partial charge on any atom is 0.274 e. The fourth-order valence-corrected chi connectivity index (χ4v) is 2.74. The van der Waals surface area contributed by atoms with E-state index in [1.54, 1.807) is 0 Å². The van der Waals surface area contributed by atoms with Gasteiger partial charge in [0.05, 0.1) is 12.2 Å². The predicted molar refractivity (Wildman–Crippen MR) is 93.8 cm³/mol. The molecule has 4 rings (SSSR count). The summed E-state index contributed by atoms with van der Waals surface area (Å²) in [5.74, 6) is 1.08. The van der Waals surface area contributed by atoms with E-state index in [0.717, 1.165) is 23.2 Å². The van der Waals surface area contributed by atoms with E-state index in [1.807, 2.05) is 43.3 Å². The summed E-state index contributed by atoms with van der Waals surface area (Å²) < 4.78 is 1.38. The molecule has 2 N–H and O–H groups in total. The number of aryl methyl sites for hydroxylation is 1. The number of rotatable bonds is 4. The van der Waals surface area contributed by atoms with E-state index in [-0.39, 0.29) is 5.56 Å². The molecule has 0 fully saturated rings. The molecule has 0 amide bonds. The summed E-state index contributed by atoms with van der Waals surface area (Å²) in [6.45, 7) is 2.51. The molecule has 1 aliphatic carbocycles. The summed E-state index contributed by atoms with van der Waals surface area (Å²) in [5.41, 5.74) is 3.74. The van der Waals surface area contributed by atoms with Crippen molar-refractivity contribution in [3.8, 4) is 0 Å². The molecule has 2 aromatic heterocycles. The molecule has 6 heteroatoms. The highest BCUT2D eigenvalue weighted by atomic mass is 16.1. The lowest BCUT2D eigenvalue weighted by atomic mass is 10.2. The van der Waals surface area contributed by atoms with Gasteiger partial charge in [-0.05, 0) is 25.0 Å². The fraction of sp³-hybridized carbons (Fsp3) is 0.167. The summed E-state index contributed by atoms with van der Waals surface area (Å²) in [6.07, 6.45) is 6.84. The number of fused-ring (bicyclic) bond motifs is 1. The molecule has 6 nitrogen and oxygen atoms in total. The van der Waals surface area contributed by atoms with Crippen molar-refractivity contribution in [3.05, 3.63) is 76.0 Å². The highest BCUT2D eigenvalue weighted by molar-refractivity contribution is 5.66. The van der Waals surface area contributed by atoms with Crippen LogP contribution in [0.5, 0.6) is 0 Å². The molecular formula is C18H17N5O. The Morgan fingerprint density at radius 1 is 1.29 bits per heavy atom. The van der Waals surface area contributed by atoms with Gasteiger partial charge >= 0.3 is 0 Å². The second-order valence-electron chi connectivity index (χ2n) is 5.79. The standard InChI is InChI=1S/C18H17N5O/c1-12-6-2-5-9-15(12)19-11-14-10-16(24)23-18(20-14)21-17(22-23)13-7-3-4-8-13/h2-7,9-10,19H,8,11H2,1H3,(H,20,21,22). The number of nitrogens with one attached hydrogen (secondary N) is 2. The third-order valence-electron chi connectivity index (χ3n) is 4.06. The first-order valence-electron chi connectivity index (χ1n) is 7.85. The highest BCUT2D eigenvalue weighted by Crippen LogP contribution is 2.20. The van der Waals surface area contributed by atoms with Gasteiger partial charge in [0.25, 0.3) is 11.3 Å². The van der Waals surface area contributed by atoms with Gasteiger partial charge in [0.2, 0.25) is 0 Å². The molecule has 0 atom stereocenters. The average molecular weight is 319 g/mol. The first-order valence-corrected chi connectivity index (χ1v) is 7.85. The first-order chi connectivity index (χ1) is 11.7. The molecule has 120 valence electrons. The van der Waals surface area contributed by atoms with Gasteiger partial charge in [-0.3, -0.25) is 9.89 Å². The molecule has 0 saturated carbocycles. The zero-order chi connectivity index (χ0) is 16.5. The lowest BCUT2D eigenvalue weighted by Gasteiger charge is -2.08. The van der Waals surface area contributed by atoms with Crippen LogP contribution in [0.15, 0.2) is 53.4 Å². The number of hydrogen-bond donors (Lipinski definition) is 2. The Kier molecular flexibility index (Phi) is 3.49. The molecule has 1 aliphatic rings. The SMILES string of the molecule is Cc1ccccc1NCc1cc(=O)n2[nH]c(C3=CC=CC3)nc2n1. The van der Waals surface area contributed by atoms with Crippen molar-refractivity contribution in [3.63, 3.8) is 0 Å². The van der Waals surface area contributed by atoms with Crippen LogP contribution in [0, 0.1) is 6.92 Å². The summed E-state index contributed by atoms with van der Waals surface area (Å²) in [4.78, 5) is 21.2. The number of anilines is 1. The lowest BCUT2D eigenvalue weighted by Crippen LogP contribution is -2.17. The topological polar surface area (TPSA) is 75.1 Å². The first kappa shape index (κ1) is 14.4. The van der Waals surface area contributed by atoms with E-state index in [0.29, 0.717) is 23.8 Å². The number of nitrogens with zero attached hydrogens (tertiary/aromatic N) is 3. The molecule has 0 aliphatic heterocycles. The second-order valence-corrected chi connectivity index (χ2v) is 5.79. The number of para-hydroxylation sites is 1. The Labute approximate surface area is 138 Å². The van der Waals surface area contributed by atoms with Crippen LogP contribution in [0.4, 0.5) is 5.69 Å². The van der Waals surface area contributed by atoms with Crippen LogP contribution in [0.2, 0.25) is 0 Å². The highest BCUT2D eigenvalue weighted by Gasteiger charge is 2.12. The number of H-pyrrole nitrogens is 1. The molecule has 3 aromatic rings. The van der Waals surface area contributed by atoms with Crippen molar-refractivity contribution in [2.75, 3.05) is 5.32 Å². The summed E-state index contributed by atoms with van der Waals surface area (Å²) in [6, 6.07) is 9.55. The molecule has 0 radical (unpaired) electrons. The van der Waals surface area contributed by atoms with E-state index >= 15 is 0 Å². The Bertz CT molecular complexity index is 1030. The Hall–Kier alpha value is -3.15. The number of allylic oxidation sites excluding steroid dienone is 4. The third-order valence-corrected chi connectivity index (χ3v) is 4.06.